The number of para-hydroxylation sites is 1. The molecular formula is C25H30FN3O2. The molecule has 2 saturated heterocycles. The summed E-state index contributed by atoms with van der Waals surface area (Å²) in [6, 6.07) is 15.0. The standard InChI is InChI=1S/C25H30FN3O2/c1-18-8-6-7-13-28(18)16-20-10-3-2-9-19(20)15-27-25(31)21-14-24(30)29(17-21)23-12-5-4-11-22(23)26/h2-5,9-12,18,21H,6-8,13-17H2,1H3,(H,27,31). The van der Waals surface area contributed by atoms with Gasteiger partial charge in [0.2, 0.25) is 11.8 Å². The van der Waals surface area contributed by atoms with E-state index < -0.39 is 11.7 Å². The second kappa shape index (κ2) is 9.60. The zero-order chi connectivity index (χ0) is 21.8. The molecule has 1 N–H and O–H groups in total. The Morgan fingerprint density at radius 3 is 2.61 bits per heavy atom. The molecule has 2 aliphatic heterocycles. The Bertz CT molecular complexity index is 948. The van der Waals surface area contributed by atoms with Gasteiger partial charge in [0.1, 0.15) is 5.82 Å². The van der Waals surface area contributed by atoms with Gasteiger partial charge in [0.25, 0.3) is 0 Å². The minimum Gasteiger partial charge on any atom is -0.352 e. The van der Waals surface area contributed by atoms with Crippen molar-refractivity contribution in [1.82, 2.24) is 10.2 Å². The number of carbonyl (C=O) groups excluding carboxylic acids is 2. The molecule has 5 nitrogen and oxygen atoms in total. The van der Waals surface area contributed by atoms with Crippen LogP contribution in [0.1, 0.15) is 43.7 Å². The Kier molecular flexibility index (Phi) is 6.66. The SMILES string of the molecule is CC1CCCCN1Cc1ccccc1CNC(=O)C1CC(=O)N(c2ccccc2F)C1. The summed E-state index contributed by atoms with van der Waals surface area (Å²) in [5.41, 5.74) is 2.57. The van der Waals surface area contributed by atoms with Gasteiger partial charge in [0.15, 0.2) is 0 Å². The van der Waals surface area contributed by atoms with Crippen LogP contribution in [0.15, 0.2) is 48.5 Å². The van der Waals surface area contributed by atoms with E-state index in [1.807, 2.05) is 12.1 Å². The lowest BCUT2D eigenvalue weighted by molar-refractivity contribution is -0.126. The third kappa shape index (κ3) is 4.96. The Labute approximate surface area is 183 Å². The summed E-state index contributed by atoms with van der Waals surface area (Å²) < 4.78 is 14.1. The molecule has 6 heteroatoms. The van der Waals surface area contributed by atoms with Gasteiger partial charge in [-0.25, -0.2) is 4.39 Å². The van der Waals surface area contributed by atoms with Gasteiger partial charge in [-0.3, -0.25) is 14.5 Å². The van der Waals surface area contributed by atoms with Crippen molar-refractivity contribution in [3.8, 4) is 0 Å². The maximum absolute atomic E-state index is 14.1. The summed E-state index contributed by atoms with van der Waals surface area (Å²) in [5.74, 6) is -1.29. The number of nitrogens with one attached hydrogen (secondary N) is 1. The molecule has 0 spiro atoms. The van der Waals surface area contributed by atoms with E-state index in [-0.39, 0.29) is 30.5 Å². The lowest BCUT2D eigenvalue weighted by Gasteiger charge is -2.33. The molecule has 2 heterocycles. The monoisotopic (exact) mass is 423 g/mol. The Morgan fingerprint density at radius 1 is 1.10 bits per heavy atom. The first-order valence-corrected chi connectivity index (χ1v) is 11.2. The number of nitrogens with zero attached hydrogens (tertiary/aromatic N) is 2. The largest absolute Gasteiger partial charge is 0.352 e. The number of hydrogen-bond acceptors (Lipinski definition) is 3. The van der Waals surface area contributed by atoms with Gasteiger partial charge in [0, 0.05) is 32.1 Å². The number of amides is 2. The van der Waals surface area contributed by atoms with Crippen LogP contribution < -0.4 is 10.2 Å². The molecule has 0 bridgehead atoms. The maximum Gasteiger partial charge on any atom is 0.227 e. The summed E-state index contributed by atoms with van der Waals surface area (Å²) in [4.78, 5) is 29.1. The van der Waals surface area contributed by atoms with Gasteiger partial charge in [0.05, 0.1) is 11.6 Å². The Balaban J connectivity index is 1.37. The molecule has 2 aromatic carbocycles. The van der Waals surface area contributed by atoms with Gasteiger partial charge in [-0.1, -0.05) is 42.8 Å². The number of anilines is 1. The Morgan fingerprint density at radius 2 is 1.84 bits per heavy atom. The second-order valence-corrected chi connectivity index (χ2v) is 8.66. The van der Waals surface area contributed by atoms with Crippen LogP contribution >= 0.6 is 0 Å². The van der Waals surface area contributed by atoms with E-state index in [2.05, 4.69) is 29.3 Å². The van der Waals surface area contributed by atoms with Crippen molar-refractivity contribution in [1.29, 1.82) is 0 Å². The molecule has 2 aliphatic rings. The van der Waals surface area contributed by atoms with E-state index in [1.54, 1.807) is 18.2 Å². The van der Waals surface area contributed by atoms with Crippen molar-refractivity contribution < 1.29 is 14.0 Å². The molecule has 0 aromatic heterocycles. The fraction of sp³-hybridized carbons (Fsp3) is 0.440. The number of carbonyl (C=O) groups is 2. The van der Waals surface area contributed by atoms with Crippen LogP contribution in [-0.4, -0.2) is 35.8 Å². The van der Waals surface area contributed by atoms with Gasteiger partial charge in [-0.05, 0) is 49.6 Å². The highest BCUT2D eigenvalue weighted by atomic mass is 19.1. The van der Waals surface area contributed by atoms with E-state index in [0.717, 1.165) is 18.7 Å². The molecule has 2 fully saturated rings. The molecule has 4 rings (SSSR count). The van der Waals surface area contributed by atoms with Crippen molar-refractivity contribution in [3.05, 3.63) is 65.5 Å². The molecule has 0 radical (unpaired) electrons. The molecule has 0 saturated carbocycles. The highest BCUT2D eigenvalue weighted by Crippen LogP contribution is 2.27. The van der Waals surface area contributed by atoms with E-state index in [0.29, 0.717) is 12.6 Å². The quantitative estimate of drug-likeness (QED) is 0.768. The predicted molar refractivity (Wildman–Crippen MR) is 119 cm³/mol. The third-order valence-electron chi connectivity index (χ3n) is 6.52. The van der Waals surface area contributed by atoms with Crippen molar-refractivity contribution in [3.63, 3.8) is 0 Å². The van der Waals surface area contributed by atoms with Crippen LogP contribution in [0.3, 0.4) is 0 Å². The van der Waals surface area contributed by atoms with Crippen molar-refractivity contribution in [2.75, 3.05) is 18.0 Å². The molecule has 2 atom stereocenters. The normalized spacial score (nSPS) is 22.0. The minimum absolute atomic E-state index is 0.104. The smallest absolute Gasteiger partial charge is 0.227 e. The van der Waals surface area contributed by atoms with Crippen molar-refractivity contribution in [2.24, 2.45) is 5.92 Å². The molecule has 2 amide bonds. The molecule has 2 unspecified atom stereocenters. The number of likely N-dealkylation sites (tertiary alicyclic amines) is 1. The van der Waals surface area contributed by atoms with Gasteiger partial charge < -0.3 is 10.2 Å². The first-order valence-electron chi connectivity index (χ1n) is 11.2. The van der Waals surface area contributed by atoms with Crippen LogP contribution in [0.25, 0.3) is 0 Å². The van der Waals surface area contributed by atoms with Gasteiger partial charge >= 0.3 is 0 Å². The molecular weight excluding hydrogens is 393 g/mol. The summed E-state index contributed by atoms with van der Waals surface area (Å²) in [6.45, 7) is 4.91. The summed E-state index contributed by atoms with van der Waals surface area (Å²) in [6.07, 6.45) is 3.86. The predicted octanol–water partition coefficient (Wildman–Crippen LogP) is 3.87. The average Bonchev–Trinajstić information content (AvgIpc) is 3.16. The first-order chi connectivity index (χ1) is 15.0. The Hall–Kier alpha value is -2.73. The van der Waals surface area contributed by atoms with Crippen LogP contribution in [0.5, 0.6) is 0 Å². The summed E-state index contributed by atoms with van der Waals surface area (Å²) >= 11 is 0. The van der Waals surface area contributed by atoms with Crippen LogP contribution in [0.4, 0.5) is 10.1 Å². The van der Waals surface area contributed by atoms with Crippen LogP contribution in [-0.2, 0) is 22.7 Å². The van der Waals surface area contributed by atoms with Gasteiger partial charge in [-0.2, -0.15) is 0 Å². The van der Waals surface area contributed by atoms with E-state index in [1.165, 1.54) is 35.8 Å². The average molecular weight is 424 g/mol. The van der Waals surface area contributed by atoms with Crippen molar-refractivity contribution in [2.45, 2.75) is 51.7 Å². The van der Waals surface area contributed by atoms with Crippen LogP contribution in [0.2, 0.25) is 0 Å². The lowest BCUT2D eigenvalue weighted by Crippen LogP contribution is -2.37. The molecule has 0 aliphatic carbocycles. The van der Waals surface area contributed by atoms with Crippen molar-refractivity contribution >= 4 is 17.5 Å². The summed E-state index contributed by atoms with van der Waals surface area (Å²) in [7, 11) is 0. The highest BCUT2D eigenvalue weighted by Gasteiger charge is 2.36. The van der Waals surface area contributed by atoms with Crippen LogP contribution in [0, 0.1) is 11.7 Å². The summed E-state index contributed by atoms with van der Waals surface area (Å²) in [5, 5.41) is 3.01. The fourth-order valence-corrected chi connectivity index (χ4v) is 4.61. The number of rotatable bonds is 6. The zero-order valence-electron chi connectivity index (χ0n) is 18.0. The van der Waals surface area contributed by atoms with Gasteiger partial charge in [-0.15, -0.1) is 0 Å². The zero-order valence-corrected chi connectivity index (χ0v) is 18.0. The van der Waals surface area contributed by atoms with E-state index in [9.17, 15) is 14.0 Å². The number of halogens is 1. The van der Waals surface area contributed by atoms with E-state index in [4.69, 9.17) is 0 Å². The minimum atomic E-state index is -0.471. The highest BCUT2D eigenvalue weighted by molar-refractivity contribution is 6.00. The first kappa shape index (κ1) is 21.5. The molecule has 31 heavy (non-hydrogen) atoms. The number of benzene rings is 2. The number of hydrogen-bond donors (Lipinski definition) is 1. The molecule has 164 valence electrons. The third-order valence-corrected chi connectivity index (χ3v) is 6.52. The maximum atomic E-state index is 14.1. The van der Waals surface area contributed by atoms with E-state index >= 15 is 0 Å². The second-order valence-electron chi connectivity index (χ2n) is 8.66. The number of piperidine rings is 1. The molecule has 2 aromatic rings. The topological polar surface area (TPSA) is 52.7 Å². The fourth-order valence-electron chi connectivity index (χ4n) is 4.61. The lowest BCUT2D eigenvalue weighted by atomic mass is 10.0.